The highest BCUT2D eigenvalue weighted by Crippen LogP contribution is 2.29. The third-order valence-corrected chi connectivity index (χ3v) is 4.99. The van der Waals surface area contributed by atoms with Crippen LogP contribution in [0, 0.1) is 23.7 Å². The molecule has 0 aliphatic heterocycles. The van der Waals surface area contributed by atoms with Gasteiger partial charge in [-0.2, -0.15) is 0 Å². The summed E-state index contributed by atoms with van der Waals surface area (Å²) in [6.07, 6.45) is 12.6. The Morgan fingerprint density at radius 2 is 1.84 bits per heavy atom. The minimum Gasteiger partial charge on any atom is -0.255 e. The number of benzene rings is 1. The zero-order chi connectivity index (χ0) is 17.5. The van der Waals surface area contributed by atoms with Crippen molar-refractivity contribution in [3.8, 4) is 23.1 Å². The monoisotopic (exact) mass is 349 g/mol. The van der Waals surface area contributed by atoms with E-state index < -0.39 is 0 Å². The Morgan fingerprint density at radius 1 is 1.08 bits per heavy atom. The second kappa shape index (κ2) is 8.88. The van der Waals surface area contributed by atoms with Gasteiger partial charge in [0.05, 0.1) is 5.69 Å². The largest absolute Gasteiger partial charge is 0.255 e. The van der Waals surface area contributed by atoms with Crippen LogP contribution in [-0.4, -0.2) is 4.98 Å². The maximum absolute atomic E-state index is 5.93. The topological polar surface area (TPSA) is 12.9 Å². The van der Waals surface area contributed by atoms with E-state index >= 15 is 0 Å². The maximum Gasteiger partial charge on any atom is 0.0702 e. The molecule has 1 aliphatic rings. The second-order valence-corrected chi connectivity index (χ2v) is 7.09. The fourth-order valence-corrected chi connectivity index (χ4v) is 3.36. The van der Waals surface area contributed by atoms with Gasteiger partial charge < -0.3 is 0 Å². The highest BCUT2D eigenvalue weighted by Gasteiger charge is 2.17. The number of nitrogens with zero attached hydrogens (tertiary/aromatic N) is 1. The fourth-order valence-electron chi connectivity index (χ4n) is 3.23. The molecule has 1 heterocycles. The van der Waals surface area contributed by atoms with Gasteiger partial charge >= 0.3 is 0 Å². The summed E-state index contributed by atoms with van der Waals surface area (Å²) in [6.45, 7) is 2.19. The summed E-state index contributed by atoms with van der Waals surface area (Å²) < 4.78 is 0. The van der Waals surface area contributed by atoms with Crippen molar-refractivity contribution in [1.82, 2.24) is 4.98 Å². The molecule has 1 fully saturated rings. The first-order chi connectivity index (χ1) is 12.2. The van der Waals surface area contributed by atoms with Crippen molar-refractivity contribution in [3.05, 3.63) is 65.3 Å². The summed E-state index contributed by atoms with van der Waals surface area (Å²) >= 11 is 5.93. The van der Waals surface area contributed by atoms with Crippen LogP contribution >= 0.6 is 11.6 Å². The quantitative estimate of drug-likeness (QED) is 0.453. The van der Waals surface area contributed by atoms with E-state index in [1.54, 1.807) is 0 Å². The average Bonchev–Trinajstić information content (AvgIpc) is 2.67. The Hall–Kier alpha value is -2.04. The molecule has 0 bridgehead atoms. The van der Waals surface area contributed by atoms with E-state index in [0.29, 0.717) is 5.92 Å². The van der Waals surface area contributed by atoms with Crippen molar-refractivity contribution >= 4 is 11.6 Å². The predicted molar refractivity (Wildman–Crippen MR) is 106 cm³/mol. The first-order valence-corrected chi connectivity index (χ1v) is 9.52. The van der Waals surface area contributed by atoms with Gasteiger partial charge in [0.25, 0.3) is 0 Å². The number of halogens is 1. The van der Waals surface area contributed by atoms with E-state index in [4.69, 9.17) is 11.6 Å². The highest BCUT2D eigenvalue weighted by atomic mass is 35.5. The first-order valence-electron chi connectivity index (χ1n) is 9.15. The Morgan fingerprint density at radius 3 is 2.48 bits per heavy atom. The standard InChI is InChI=1S/C23H24ClN/c1-2-3-4-18-5-7-19(8-6-18)9-10-20-11-16-23(25-17-20)21-12-14-22(24)15-13-21/h3-4,11-19H,2,5-8H2,1H3. The van der Waals surface area contributed by atoms with Crippen molar-refractivity contribution in [3.63, 3.8) is 0 Å². The van der Waals surface area contributed by atoms with Gasteiger partial charge in [-0.1, -0.05) is 54.7 Å². The second-order valence-electron chi connectivity index (χ2n) is 6.66. The lowest BCUT2D eigenvalue weighted by atomic mass is 9.82. The average molecular weight is 350 g/mol. The maximum atomic E-state index is 5.93. The lowest BCUT2D eigenvalue weighted by Crippen LogP contribution is -2.11. The van der Waals surface area contributed by atoms with Gasteiger partial charge in [-0.15, -0.1) is 0 Å². The van der Waals surface area contributed by atoms with Gasteiger partial charge in [0.15, 0.2) is 0 Å². The summed E-state index contributed by atoms with van der Waals surface area (Å²) in [5.74, 6) is 8.05. The van der Waals surface area contributed by atoms with E-state index in [2.05, 4.69) is 42.0 Å². The van der Waals surface area contributed by atoms with Gasteiger partial charge in [0.1, 0.15) is 0 Å². The molecule has 1 aromatic heterocycles. The minimum absolute atomic E-state index is 0.530. The normalized spacial score (nSPS) is 20.2. The fraction of sp³-hybridized carbons (Fsp3) is 0.348. The van der Waals surface area contributed by atoms with Gasteiger partial charge in [-0.3, -0.25) is 4.98 Å². The van der Waals surface area contributed by atoms with Crippen LogP contribution in [0.3, 0.4) is 0 Å². The van der Waals surface area contributed by atoms with Gasteiger partial charge in [-0.05, 0) is 62.3 Å². The molecule has 1 saturated carbocycles. The van der Waals surface area contributed by atoms with Crippen molar-refractivity contribution in [2.45, 2.75) is 39.0 Å². The molecule has 0 spiro atoms. The molecule has 3 rings (SSSR count). The smallest absolute Gasteiger partial charge is 0.0702 e. The van der Waals surface area contributed by atoms with Crippen LogP contribution in [0.4, 0.5) is 0 Å². The third kappa shape index (κ3) is 5.21. The molecule has 1 nitrogen and oxygen atoms in total. The lowest BCUT2D eigenvalue weighted by Gasteiger charge is -2.23. The first kappa shape index (κ1) is 17.8. The summed E-state index contributed by atoms with van der Waals surface area (Å²) in [5, 5.41) is 0.742. The number of hydrogen-bond acceptors (Lipinski definition) is 1. The van der Waals surface area contributed by atoms with E-state index in [-0.39, 0.29) is 0 Å². The molecule has 0 saturated heterocycles. The van der Waals surface area contributed by atoms with Gasteiger partial charge in [-0.25, -0.2) is 0 Å². The Balaban J connectivity index is 1.58. The van der Waals surface area contributed by atoms with Gasteiger partial charge in [0.2, 0.25) is 0 Å². The van der Waals surface area contributed by atoms with Crippen molar-refractivity contribution < 1.29 is 0 Å². The van der Waals surface area contributed by atoms with Crippen LogP contribution in [0.1, 0.15) is 44.6 Å². The molecule has 2 aromatic rings. The summed E-state index contributed by atoms with van der Waals surface area (Å²) in [5.41, 5.74) is 3.01. The number of allylic oxidation sites excluding steroid dienone is 2. The Bertz CT molecular complexity index is 754. The number of rotatable bonds is 3. The molecule has 0 N–H and O–H groups in total. The highest BCUT2D eigenvalue weighted by molar-refractivity contribution is 6.30. The van der Waals surface area contributed by atoms with Crippen LogP contribution in [0.2, 0.25) is 5.02 Å². The minimum atomic E-state index is 0.530. The molecule has 25 heavy (non-hydrogen) atoms. The van der Waals surface area contributed by atoms with E-state index in [9.17, 15) is 0 Å². The Labute approximate surface area is 156 Å². The number of hydrogen-bond donors (Lipinski definition) is 0. The molecular weight excluding hydrogens is 326 g/mol. The van der Waals surface area contributed by atoms with Gasteiger partial charge in [0, 0.05) is 28.3 Å². The number of aromatic nitrogens is 1. The lowest BCUT2D eigenvalue weighted by molar-refractivity contribution is 0.364. The van der Waals surface area contributed by atoms with Crippen LogP contribution in [0.5, 0.6) is 0 Å². The van der Waals surface area contributed by atoms with Crippen molar-refractivity contribution in [1.29, 1.82) is 0 Å². The van der Waals surface area contributed by atoms with Crippen molar-refractivity contribution in [2.24, 2.45) is 11.8 Å². The molecule has 0 amide bonds. The van der Waals surface area contributed by atoms with E-state index in [1.807, 2.05) is 36.5 Å². The zero-order valence-corrected chi connectivity index (χ0v) is 15.5. The van der Waals surface area contributed by atoms with Crippen LogP contribution in [0.25, 0.3) is 11.3 Å². The Kier molecular flexibility index (Phi) is 6.31. The zero-order valence-electron chi connectivity index (χ0n) is 14.7. The van der Waals surface area contributed by atoms with Crippen LogP contribution < -0.4 is 0 Å². The SMILES string of the molecule is CCC=CC1CCC(C#Cc2ccc(-c3ccc(Cl)cc3)nc2)CC1. The molecular formula is C23H24ClN. The summed E-state index contributed by atoms with van der Waals surface area (Å²) in [4.78, 5) is 4.53. The van der Waals surface area contributed by atoms with Crippen LogP contribution in [-0.2, 0) is 0 Å². The third-order valence-electron chi connectivity index (χ3n) is 4.74. The molecule has 128 valence electrons. The molecule has 0 radical (unpaired) electrons. The molecule has 0 unspecified atom stereocenters. The molecule has 0 atom stereocenters. The predicted octanol–water partition coefficient (Wildman–Crippen LogP) is 6.53. The molecule has 1 aromatic carbocycles. The molecule has 2 heteroatoms. The van der Waals surface area contributed by atoms with E-state index in [1.165, 1.54) is 25.7 Å². The summed E-state index contributed by atoms with van der Waals surface area (Å²) in [6, 6.07) is 11.8. The van der Waals surface area contributed by atoms with E-state index in [0.717, 1.165) is 34.2 Å². The summed E-state index contributed by atoms with van der Waals surface area (Å²) in [7, 11) is 0. The van der Waals surface area contributed by atoms with Crippen LogP contribution in [0.15, 0.2) is 54.7 Å². The van der Waals surface area contributed by atoms with Crippen molar-refractivity contribution in [2.75, 3.05) is 0 Å². The molecule has 1 aliphatic carbocycles. The number of pyridine rings is 1.